The van der Waals surface area contributed by atoms with Gasteiger partial charge in [0, 0.05) is 19.2 Å². The van der Waals surface area contributed by atoms with Gasteiger partial charge in [-0.3, -0.25) is 4.90 Å². The molecule has 1 heterocycles. The molecular formula is C23H26FNO3. The van der Waals surface area contributed by atoms with Gasteiger partial charge in [-0.1, -0.05) is 29.8 Å². The van der Waals surface area contributed by atoms with Crippen molar-refractivity contribution >= 4 is 5.97 Å². The van der Waals surface area contributed by atoms with E-state index < -0.39 is 11.8 Å². The van der Waals surface area contributed by atoms with E-state index in [9.17, 15) is 14.3 Å². The van der Waals surface area contributed by atoms with Gasteiger partial charge in [0.25, 0.3) is 0 Å². The molecule has 0 amide bonds. The van der Waals surface area contributed by atoms with Crippen LogP contribution in [0.15, 0.2) is 36.4 Å². The SMILES string of the molecule is Cc1cccc(CN2CCC[C@@H](Oc3cc(F)c(C(=O)O)cc3C3CC3)C2)c1. The second-order valence-corrected chi connectivity index (χ2v) is 8.06. The summed E-state index contributed by atoms with van der Waals surface area (Å²) in [7, 11) is 0. The fourth-order valence-corrected chi connectivity index (χ4v) is 4.05. The van der Waals surface area contributed by atoms with Crippen LogP contribution in [0.5, 0.6) is 5.75 Å². The Hall–Kier alpha value is -2.40. The van der Waals surface area contributed by atoms with Crippen LogP contribution in [-0.2, 0) is 6.54 Å². The Morgan fingerprint density at radius 1 is 1.25 bits per heavy atom. The molecule has 4 nitrogen and oxygen atoms in total. The number of rotatable bonds is 6. The minimum atomic E-state index is -1.23. The summed E-state index contributed by atoms with van der Waals surface area (Å²) in [6, 6.07) is 11.3. The van der Waals surface area contributed by atoms with Crippen LogP contribution in [0, 0.1) is 12.7 Å². The number of likely N-dealkylation sites (tertiary alicyclic amines) is 1. The zero-order valence-electron chi connectivity index (χ0n) is 16.2. The van der Waals surface area contributed by atoms with Crippen molar-refractivity contribution in [3.63, 3.8) is 0 Å². The molecule has 1 aliphatic heterocycles. The monoisotopic (exact) mass is 383 g/mol. The predicted octanol–water partition coefficient (Wildman–Crippen LogP) is 4.75. The number of aromatic carboxylic acids is 1. The zero-order chi connectivity index (χ0) is 19.7. The van der Waals surface area contributed by atoms with Crippen LogP contribution in [0.25, 0.3) is 0 Å². The normalized spacial score (nSPS) is 20.1. The van der Waals surface area contributed by atoms with E-state index in [1.54, 1.807) is 0 Å². The fraction of sp³-hybridized carbons (Fsp3) is 0.435. The second kappa shape index (κ2) is 7.92. The minimum absolute atomic E-state index is 0.00821. The van der Waals surface area contributed by atoms with Gasteiger partial charge in [0.15, 0.2) is 0 Å². The number of ether oxygens (including phenoxy) is 1. The topological polar surface area (TPSA) is 49.8 Å². The molecule has 0 bridgehead atoms. The number of carbonyl (C=O) groups is 1. The molecule has 1 saturated carbocycles. The summed E-state index contributed by atoms with van der Waals surface area (Å²) in [4.78, 5) is 13.6. The first-order valence-corrected chi connectivity index (χ1v) is 10.0. The van der Waals surface area contributed by atoms with Crippen molar-refractivity contribution in [2.45, 2.75) is 51.2 Å². The van der Waals surface area contributed by atoms with E-state index in [1.165, 1.54) is 23.3 Å². The van der Waals surface area contributed by atoms with Gasteiger partial charge in [0.1, 0.15) is 17.7 Å². The van der Waals surface area contributed by atoms with Gasteiger partial charge in [-0.2, -0.15) is 0 Å². The highest BCUT2D eigenvalue weighted by molar-refractivity contribution is 5.88. The molecule has 5 heteroatoms. The minimum Gasteiger partial charge on any atom is -0.489 e. The third-order valence-corrected chi connectivity index (χ3v) is 5.59. The molecule has 1 saturated heterocycles. The summed E-state index contributed by atoms with van der Waals surface area (Å²) in [5, 5.41) is 9.21. The number of benzene rings is 2. The second-order valence-electron chi connectivity index (χ2n) is 8.06. The van der Waals surface area contributed by atoms with Gasteiger partial charge >= 0.3 is 5.97 Å². The van der Waals surface area contributed by atoms with Crippen LogP contribution in [0.2, 0.25) is 0 Å². The van der Waals surface area contributed by atoms with Crippen molar-refractivity contribution in [1.29, 1.82) is 0 Å². The fourth-order valence-electron chi connectivity index (χ4n) is 4.05. The van der Waals surface area contributed by atoms with Gasteiger partial charge in [-0.25, -0.2) is 9.18 Å². The van der Waals surface area contributed by atoms with Crippen molar-refractivity contribution < 1.29 is 19.0 Å². The van der Waals surface area contributed by atoms with Crippen LogP contribution >= 0.6 is 0 Å². The lowest BCUT2D eigenvalue weighted by Crippen LogP contribution is -2.40. The quantitative estimate of drug-likeness (QED) is 0.782. The average Bonchev–Trinajstić information content (AvgIpc) is 3.47. The van der Waals surface area contributed by atoms with Gasteiger partial charge in [0.2, 0.25) is 0 Å². The molecule has 1 atom stereocenters. The lowest BCUT2D eigenvalue weighted by Gasteiger charge is -2.33. The standard InChI is InChI=1S/C23H26FNO3/c1-15-4-2-5-16(10-15)13-25-9-3-6-18(14-25)28-22-12-21(24)20(23(26)27)11-19(22)17-7-8-17/h2,4-5,10-12,17-18H,3,6-9,13-14H2,1H3,(H,26,27)/t18-/m1/s1. The van der Waals surface area contributed by atoms with Gasteiger partial charge in [-0.05, 0) is 62.3 Å². The third-order valence-electron chi connectivity index (χ3n) is 5.59. The van der Waals surface area contributed by atoms with Crippen LogP contribution in [0.1, 0.15) is 58.6 Å². The third kappa shape index (κ3) is 4.36. The van der Waals surface area contributed by atoms with E-state index >= 15 is 0 Å². The molecule has 2 aromatic rings. The predicted molar refractivity (Wildman–Crippen MR) is 105 cm³/mol. The summed E-state index contributed by atoms with van der Waals surface area (Å²) in [6.45, 7) is 4.79. The molecule has 0 unspecified atom stereocenters. The highest BCUT2D eigenvalue weighted by Gasteiger charge is 2.31. The van der Waals surface area contributed by atoms with E-state index in [-0.39, 0.29) is 11.7 Å². The van der Waals surface area contributed by atoms with Crippen molar-refractivity contribution in [2.24, 2.45) is 0 Å². The van der Waals surface area contributed by atoms with E-state index in [1.807, 2.05) is 0 Å². The molecule has 0 radical (unpaired) electrons. The number of hydrogen-bond acceptors (Lipinski definition) is 3. The molecule has 4 rings (SSSR count). The first-order chi connectivity index (χ1) is 13.5. The first kappa shape index (κ1) is 18.9. The van der Waals surface area contributed by atoms with E-state index in [0.717, 1.165) is 50.9 Å². The van der Waals surface area contributed by atoms with Gasteiger partial charge in [-0.15, -0.1) is 0 Å². The lowest BCUT2D eigenvalue weighted by molar-refractivity contribution is 0.0691. The summed E-state index contributed by atoms with van der Waals surface area (Å²) < 4.78 is 20.5. The Kier molecular flexibility index (Phi) is 5.36. The molecule has 2 aliphatic rings. The smallest absolute Gasteiger partial charge is 0.338 e. The van der Waals surface area contributed by atoms with E-state index in [4.69, 9.17) is 4.74 Å². The van der Waals surface area contributed by atoms with Gasteiger partial charge in [0.05, 0.1) is 5.56 Å². The van der Waals surface area contributed by atoms with E-state index in [0.29, 0.717) is 11.7 Å². The largest absolute Gasteiger partial charge is 0.489 e. The Bertz CT molecular complexity index is 878. The number of aryl methyl sites for hydroxylation is 1. The van der Waals surface area contributed by atoms with Crippen LogP contribution in [0.4, 0.5) is 4.39 Å². The molecule has 2 aromatic carbocycles. The number of piperidine rings is 1. The highest BCUT2D eigenvalue weighted by atomic mass is 19.1. The number of hydrogen-bond donors (Lipinski definition) is 1. The van der Waals surface area contributed by atoms with Crippen LogP contribution in [0.3, 0.4) is 0 Å². The first-order valence-electron chi connectivity index (χ1n) is 10.0. The maximum atomic E-state index is 14.2. The van der Waals surface area contributed by atoms with Crippen molar-refractivity contribution in [1.82, 2.24) is 4.90 Å². The Balaban J connectivity index is 1.48. The number of halogens is 1. The Morgan fingerprint density at radius 2 is 2.07 bits per heavy atom. The van der Waals surface area contributed by atoms with Crippen molar-refractivity contribution in [2.75, 3.05) is 13.1 Å². The summed E-state index contributed by atoms with van der Waals surface area (Å²) in [5.74, 6) is -1.14. The molecule has 148 valence electrons. The summed E-state index contributed by atoms with van der Waals surface area (Å²) >= 11 is 0. The molecule has 0 aromatic heterocycles. The Morgan fingerprint density at radius 3 is 2.79 bits per heavy atom. The summed E-state index contributed by atoms with van der Waals surface area (Å²) in [5.41, 5.74) is 3.12. The maximum Gasteiger partial charge on any atom is 0.338 e. The average molecular weight is 383 g/mol. The molecular weight excluding hydrogens is 357 g/mol. The van der Waals surface area contributed by atoms with Gasteiger partial charge < -0.3 is 9.84 Å². The van der Waals surface area contributed by atoms with Crippen LogP contribution in [-0.4, -0.2) is 35.2 Å². The lowest BCUT2D eigenvalue weighted by atomic mass is 10.0. The molecule has 0 spiro atoms. The molecule has 1 aliphatic carbocycles. The molecule has 2 fully saturated rings. The summed E-state index contributed by atoms with van der Waals surface area (Å²) in [6.07, 6.45) is 3.96. The van der Waals surface area contributed by atoms with Crippen LogP contribution < -0.4 is 4.74 Å². The highest BCUT2D eigenvalue weighted by Crippen LogP contribution is 2.45. The molecule has 28 heavy (non-hydrogen) atoms. The van der Waals surface area contributed by atoms with Crippen molar-refractivity contribution in [3.8, 4) is 5.75 Å². The van der Waals surface area contributed by atoms with E-state index in [2.05, 4.69) is 36.1 Å². The Labute approximate surface area is 164 Å². The maximum absolute atomic E-state index is 14.2. The molecule has 1 N–H and O–H groups in total. The number of nitrogens with zero attached hydrogens (tertiary/aromatic N) is 1. The van der Waals surface area contributed by atoms with Crippen molar-refractivity contribution in [3.05, 3.63) is 64.5 Å². The zero-order valence-corrected chi connectivity index (χ0v) is 16.2. The number of carboxylic acids is 1. The number of carboxylic acid groups (broad SMARTS) is 1.